The van der Waals surface area contributed by atoms with Crippen LogP contribution in [0.1, 0.15) is 5.56 Å². The maximum atomic E-state index is 13.6. The van der Waals surface area contributed by atoms with E-state index >= 15 is 0 Å². The van der Waals surface area contributed by atoms with E-state index in [1.54, 1.807) is 6.07 Å². The highest BCUT2D eigenvalue weighted by Gasteiger charge is 2.28. The number of methoxy groups -OCH3 is 2. The molecule has 1 rings (SSSR count). The lowest BCUT2D eigenvalue weighted by atomic mass is 10.2. The van der Waals surface area contributed by atoms with Crippen LogP contribution in [0.4, 0.5) is 4.39 Å². The van der Waals surface area contributed by atoms with Gasteiger partial charge in [-0.2, -0.15) is 9.57 Å². The Kier molecular flexibility index (Phi) is 6.71. The molecule has 0 aliphatic heterocycles. The van der Waals surface area contributed by atoms with Crippen molar-refractivity contribution in [2.24, 2.45) is 0 Å². The van der Waals surface area contributed by atoms with Crippen molar-refractivity contribution in [1.29, 1.82) is 5.26 Å². The van der Waals surface area contributed by atoms with Gasteiger partial charge in [-0.15, -0.1) is 0 Å². The fourth-order valence-corrected chi connectivity index (χ4v) is 3.26. The number of halogens is 1. The molecule has 0 heterocycles. The van der Waals surface area contributed by atoms with E-state index in [0.717, 1.165) is 10.4 Å². The Balaban J connectivity index is 3.22. The predicted molar refractivity (Wildman–Crippen MR) is 73.6 cm³/mol. The third-order valence-corrected chi connectivity index (χ3v) is 4.74. The van der Waals surface area contributed by atoms with Crippen LogP contribution in [0.25, 0.3) is 0 Å². The van der Waals surface area contributed by atoms with Crippen LogP contribution in [0.2, 0.25) is 0 Å². The first-order valence-electron chi connectivity index (χ1n) is 6.15. The molecule has 1 aromatic carbocycles. The first-order chi connectivity index (χ1) is 9.98. The van der Waals surface area contributed by atoms with Crippen LogP contribution < -0.4 is 0 Å². The molecule has 0 amide bonds. The summed E-state index contributed by atoms with van der Waals surface area (Å²) in [6.07, 6.45) is 0. The summed E-state index contributed by atoms with van der Waals surface area (Å²) < 4.78 is 49.6. The van der Waals surface area contributed by atoms with Crippen LogP contribution in [0.15, 0.2) is 23.1 Å². The van der Waals surface area contributed by atoms with Crippen LogP contribution in [-0.2, 0) is 19.5 Å². The Bertz CT molecular complexity index is 605. The Morgan fingerprint density at radius 2 is 1.81 bits per heavy atom. The quantitative estimate of drug-likeness (QED) is 0.714. The average molecular weight is 316 g/mol. The predicted octanol–water partition coefficient (Wildman–Crippen LogP) is 0.981. The normalized spacial score (nSPS) is 11.6. The molecule has 0 spiro atoms. The Hall–Kier alpha value is -1.53. The molecule has 0 N–H and O–H groups in total. The number of hydrogen-bond donors (Lipinski definition) is 0. The number of rotatable bonds is 8. The highest BCUT2D eigenvalue weighted by atomic mass is 32.2. The third-order valence-electron chi connectivity index (χ3n) is 2.79. The van der Waals surface area contributed by atoms with Crippen LogP contribution in [0.5, 0.6) is 0 Å². The topological polar surface area (TPSA) is 79.6 Å². The zero-order chi connectivity index (χ0) is 15.9. The summed E-state index contributed by atoms with van der Waals surface area (Å²) in [5, 5.41) is 8.97. The smallest absolute Gasteiger partial charge is 0.244 e. The van der Waals surface area contributed by atoms with E-state index in [1.165, 1.54) is 26.4 Å². The Morgan fingerprint density at radius 1 is 1.24 bits per heavy atom. The monoisotopic (exact) mass is 316 g/mol. The van der Waals surface area contributed by atoms with Crippen molar-refractivity contribution in [2.45, 2.75) is 4.90 Å². The molecule has 8 heteroatoms. The summed E-state index contributed by atoms with van der Waals surface area (Å²) in [6, 6.07) is 5.11. The minimum atomic E-state index is -4.00. The number of benzene rings is 1. The van der Waals surface area contributed by atoms with Crippen LogP contribution in [-0.4, -0.2) is 53.2 Å². The minimum absolute atomic E-state index is 0.0869. The lowest BCUT2D eigenvalue weighted by Gasteiger charge is -2.22. The second-order valence-corrected chi connectivity index (χ2v) is 6.02. The zero-order valence-electron chi connectivity index (χ0n) is 11.9. The van der Waals surface area contributed by atoms with Gasteiger partial charge >= 0.3 is 0 Å². The number of sulfonamides is 1. The van der Waals surface area contributed by atoms with Crippen molar-refractivity contribution in [2.75, 3.05) is 40.5 Å². The highest BCUT2D eigenvalue weighted by molar-refractivity contribution is 7.89. The fraction of sp³-hybridized carbons (Fsp3) is 0.462. The molecular weight excluding hydrogens is 299 g/mol. The molecule has 0 aromatic heterocycles. The van der Waals surface area contributed by atoms with Gasteiger partial charge in [0.05, 0.1) is 13.2 Å². The summed E-state index contributed by atoms with van der Waals surface area (Å²) in [5.74, 6) is -0.864. The van der Waals surface area contributed by atoms with E-state index < -0.39 is 21.4 Å². The van der Waals surface area contributed by atoms with Crippen molar-refractivity contribution < 1.29 is 22.3 Å². The molecule has 0 unspecified atom stereocenters. The largest absolute Gasteiger partial charge is 0.383 e. The standard InChI is InChI=1S/C13H17FN2O4S/c1-19-8-6-16(7-9-20-2)21(17,18)13-5-3-4-12(14)11(13)10-15/h3-5H,6-9H2,1-2H3. The van der Waals surface area contributed by atoms with Gasteiger partial charge in [-0.05, 0) is 12.1 Å². The van der Waals surface area contributed by atoms with Crippen molar-refractivity contribution in [3.05, 3.63) is 29.6 Å². The SMILES string of the molecule is COCCN(CCOC)S(=O)(=O)c1cccc(F)c1C#N. The number of hydrogen-bond acceptors (Lipinski definition) is 5. The van der Waals surface area contributed by atoms with E-state index in [0.29, 0.717) is 0 Å². The van der Waals surface area contributed by atoms with Gasteiger partial charge in [-0.25, -0.2) is 12.8 Å². The molecule has 0 atom stereocenters. The summed E-state index contributed by atoms with van der Waals surface area (Å²) in [6.45, 7) is 0.535. The summed E-state index contributed by atoms with van der Waals surface area (Å²) in [7, 11) is -1.10. The van der Waals surface area contributed by atoms with Gasteiger partial charge in [0, 0.05) is 27.3 Å². The van der Waals surface area contributed by atoms with E-state index in [2.05, 4.69) is 0 Å². The average Bonchev–Trinajstić information content (AvgIpc) is 2.46. The van der Waals surface area contributed by atoms with Crippen molar-refractivity contribution in [3.63, 3.8) is 0 Å². The number of nitrogens with zero attached hydrogens (tertiary/aromatic N) is 2. The van der Waals surface area contributed by atoms with Gasteiger partial charge in [0.25, 0.3) is 0 Å². The van der Waals surface area contributed by atoms with E-state index in [9.17, 15) is 12.8 Å². The molecule has 0 aliphatic rings. The molecule has 116 valence electrons. The maximum Gasteiger partial charge on any atom is 0.244 e. The summed E-state index contributed by atoms with van der Waals surface area (Å²) in [5.41, 5.74) is -0.489. The zero-order valence-corrected chi connectivity index (χ0v) is 12.7. The van der Waals surface area contributed by atoms with Gasteiger partial charge < -0.3 is 9.47 Å². The van der Waals surface area contributed by atoms with Crippen LogP contribution in [0, 0.1) is 17.1 Å². The van der Waals surface area contributed by atoms with Crippen LogP contribution in [0.3, 0.4) is 0 Å². The summed E-state index contributed by atoms with van der Waals surface area (Å²) >= 11 is 0. The van der Waals surface area contributed by atoms with Crippen LogP contribution >= 0.6 is 0 Å². The van der Waals surface area contributed by atoms with Crippen molar-refractivity contribution >= 4 is 10.0 Å². The highest BCUT2D eigenvalue weighted by Crippen LogP contribution is 2.21. The first kappa shape index (κ1) is 17.5. The van der Waals surface area contributed by atoms with E-state index in [4.69, 9.17) is 14.7 Å². The maximum absolute atomic E-state index is 13.6. The number of nitriles is 1. The van der Waals surface area contributed by atoms with Gasteiger partial charge in [0.1, 0.15) is 22.3 Å². The van der Waals surface area contributed by atoms with Crippen molar-refractivity contribution in [1.82, 2.24) is 4.31 Å². The molecular formula is C13H17FN2O4S. The molecule has 0 saturated carbocycles. The Labute approximate surface area is 123 Å². The molecule has 0 saturated heterocycles. The van der Waals surface area contributed by atoms with Gasteiger partial charge in [-0.3, -0.25) is 0 Å². The number of ether oxygens (including phenoxy) is 2. The fourth-order valence-electron chi connectivity index (χ4n) is 1.71. The second-order valence-electron chi connectivity index (χ2n) is 4.11. The lowest BCUT2D eigenvalue weighted by Crippen LogP contribution is -2.37. The van der Waals surface area contributed by atoms with Gasteiger partial charge in [0.15, 0.2) is 0 Å². The molecule has 0 radical (unpaired) electrons. The second kappa shape index (κ2) is 8.05. The summed E-state index contributed by atoms with van der Waals surface area (Å²) in [4.78, 5) is -0.350. The van der Waals surface area contributed by atoms with Crippen molar-refractivity contribution in [3.8, 4) is 6.07 Å². The molecule has 0 aliphatic carbocycles. The van der Waals surface area contributed by atoms with E-state index in [1.807, 2.05) is 0 Å². The molecule has 0 bridgehead atoms. The minimum Gasteiger partial charge on any atom is -0.383 e. The molecule has 0 fully saturated rings. The first-order valence-corrected chi connectivity index (χ1v) is 7.59. The third kappa shape index (κ3) is 4.22. The molecule has 6 nitrogen and oxygen atoms in total. The Morgan fingerprint density at radius 3 is 2.29 bits per heavy atom. The molecule has 21 heavy (non-hydrogen) atoms. The van der Waals surface area contributed by atoms with E-state index in [-0.39, 0.29) is 31.2 Å². The lowest BCUT2D eigenvalue weighted by molar-refractivity contribution is 0.150. The van der Waals surface area contributed by atoms with Gasteiger partial charge in [-0.1, -0.05) is 6.07 Å². The molecule has 1 aromatic rings. The van der Waals surface area contributed by atoms with Gasteiger partial charge in [0.2, 0.25) is 10.0 Å².